The van der Waals surface area contributed by atoms with E-state index in [1.807, 2.05) is 24.3 Å². The molecule has 1 aliphatic heterocycles. The van der Waals surface area contributed by atoms with Crippen LogP contribution in [0.2, 0.25) is 0 Å². The minimum atomic E-state index is -0.672. The van der Waals surface area contributed by atoms with Gasteiger partial charge in [0.2, 0.25) is 0 Å². The average Bonchev–Trinajstić information content (AvgIpc) is 3.16. The molecule has 0 saturated carbocycles. The van der Waals surface area contributed by atoms with Crippen molar-refractivity contribution in [1.82, 2.24) is 0 Å². The first kappa shape index (κ1) is 19.5. The van der Waals surface area contributed by atoms with Crippen molar-refractivity contribution in [2.75, 3.05) is 0 Å². The summed E-state index contributed by atoms with van der Waals surface area (Å²) < 4.78 is -1.17. The Labute approximate surface area is 185 Å². The van der Waals surface area contributed by atoms with Crippen molar-refractivity contribution in [3.05, 3.63) is 144 Å². The number of hydrogen-bond donors (Lipinski definition) is 1. The van der Waals surface area contributed by atoms with Gasteiger partial charge in [0.25, 0.3) is 0 Å². The molecule has 0 aromatic heterocycles. The van der Waals surface area contributed by atoms with Crippen LogP contribution in [-0.2, 0) is 9.49 Å². The summed E-state index contributed by atoms with van der Waals surface area (Å²) in [6.45, 7) is 0. The summed E-state index contributed by atoms with van der Waals surface area (Å²) in [4.78, 5) is 0. The first-order chi connectivity index (χ1) is 14.8. The number of hydrogen-bond acceptors (Lipinski definition) is 3. The van der Waals surface area contributed by atoms with Crippen LogP contribution in [0.25, 0.3) is 0 Å². The van der Waals surface area contributed by atoms with Gasteiger partial charge in [-0.2, -0.15) is 0 Å². The molecule has 1 nitrogen and oxygen atoms in total. The van der Waals surface area contributed by atoms with Gasteiger partial charge in [0.05, 0.1) is 0 Å². The monoisotopic (exact) mass is 426 g/mol. The van der Waals surface area contributed by atoms with Crippen molar-refractivity contribution in [3.8, 4) is 0 Å². The van der Waals surface area contributed by atoms with Crippen molar-refractivity contribution < 1.29 is 5.11 Å². The van der Waals surface area contributed by atoms with Gasteiger partial charge in [-0.1, -0.05) is 143 Å². The number of benzene rings is 4. The highest BCUT2D eigenvalue weighted by Gasteiger charge is 2.61. The highest BCUT2D eigenvalue weighted by atomic mass is 33.1. The quantitative estimate of drug-likeness (QED) is 0.370. The van der Waals surface area contributed by atoms with E-state index in [4.69, 9.17) is 0 Å². The Hall–Kier alpha value is -2.46. The zero-order chi connectivity index (χ0) is 20.4. The lowest BCUT2D eigenvalue weighted by Crippen LogP contribution is -2.45. The van der Waals surface area contributed by atoms with Crippen LogP contribution in [-0.4, -0.2) is 11.2 Å². The highest BCUT2D eigenvalue weighted by molar-refractivity contribution is 8.78. The Kier molecular flexibility index (Phi) is 5.20. The van der Waals surface area contributed by atoms with Crippen molar-refractivity contribution in [2.24, 2.45) is 0 Å². The molecule has 1 aliphatic rings. The Morgan fingerprint density at radius 3 is 0.900 bits per heavy atom. The molecule has 0 spiro atoms. The van der Waals surface area contributed by atoms with Crippen LogP contribution in [0, 0.1) is 0 Å². The fraction of sp³-hybridized carbons (Fsp3) is 0.111. The number of aliphatic hydroxyl groups is 1. The van der Waals surface area contributed by atoms with Crippen LogP contribution >= 0.6 is 21.6 Å². The maximum absolute atomic E-state index is 12.3. The molecule has 0 amide bonds. The van der Waals surface area contributed by atoms with E-state index in [0.29, 0.717) is 0 Å². The van der Waals surface area contributed by atoms with Crippen molar-refractivity contribution in [3.63, 3.8) is 0 Å². The summed E-state index contributed by atoms with van der Waals surface area (Å²) in [6, 6.07) is 41.7. The van der Waals surface area contributed by atoms with Crippen molar-refractivity contribution >= 4 is 21.6 Å². The molecule has 1 heterocycles. The normalized spacial score (nSPS) is 17.6. The van der Waals surface area contributed by atoms with Crippen molar-refractivity contribution in [2.45, 2.75) is 15.6 Å². The predicted octanol–water partition coefficient (Wildman–Crippen LogP) is 6.63. The molecular formula is C27H22OS2. The van der Waals surface area contributed by atoms with Crippen LogP contribution in [0.15, 0.2) is 121 Å². The lowest BCUT2D eigenvalue weighted by molar-refractivity contribution is 0.117. The van der Waals surface area contributed by atoms with Crippen LogP contribution < -0.4 is 0 Å². The van der Waals surface area contributed by atoms with E-state index < -0.39 is 15.6 Å². The Bertz CT molecular complexity index is 929. The van der Waals surface area contributed by atoms with Gasteiger partial charge >= 0.3 is 0 Å². The molecule has 1 saturated heterocycles. The molecule has 0 aliphatic carbocycles. The Balaban J connectivity index is 1.78. The molecule has 4 aromatic carbocycles. The zero-order valence-corrected chi connectivity index (χ0v) is 18.0. The fourth-order valence-electron chi connectivity index (χ4n) is 4.41. The molecule has 0 unspecified atom stereocenters. The third-order valence-corrected chi connectivity index (χ3v) is 9.71. The predicted molar refractivity (Wildman–Crippen MR) is 129 cm³/mol. The molecule has 148 valence electrons. The summed E-state index contributed by atoms with van der Waals surface area (Å²) in [5.74, 6) is 0. The molecule has 1 N–H and O–H groups in total. The molecule has 5 rings (SSSR count). The minimum absolute atomic E-state index is 0.584. The zero-order valence-electron chi connectivity index (χ0n) is 16.4. The van der Waals surface area contributed by atoms with Gasteiger partial charge in [-0.3, -0.25) is 0 Å². The number of aliphatic hydroxyl groups excluding tert-OH is 1. The van der Waals surface area contributed by atoms with Crippen LogP contribution in [0.4, 0.5) is 0 Å². The van der Waals surface area contributed by atoms with E-state index in [9.17, 15) is 5.11 Å². The van der Waals surface area contributed by atoms with Gasteiger partial charge in [-0.25, -0.2) is 0 Å². The molecule has 1 fully saturated rings. The Morgan fingerprint density at radius 1 is 0.433 bits per heavy atom. The molecule has 30 heavy (non-hydrogen) atoms. The maximum atomic E-state index is 12.3. The van der Waals surface area contributed by atoms with E-state index in [1.54, 1.807) is 21.6 Å². The van der Waals surface area contributed by atoms with Gasteiger partial charge in [-0.05, 0) is 22.3 Å². The van der Waals surface area contributed by atoms with E-state index in [0.717, 1.165) is 22.3 Å². The molecule has 0 atom stereocenters. The topological polar surface area (TPSA) is 20.2 Å². The second kappa shape index (κ2) is 7.99. The second-order valence-corrected chi connectivity index (χ2v) is 10.1. The molecule has 3 heteroatoms. The van der Waals surface area contributed by atoms with Gasteiger partial charge in [0, 0.05) is 0 Å². The van der Waals surface area contributed by atoms with Gasteiger partial charge in [0.1, 0.15) is 15.6 Å². The smallest absolute Gasteiger partial charge is 0.104 e. The first-order valence-corrected chi connectivity index (χ1v) is 12.2. The minimum Gasteiger partial charge on any atom is -0.389 e. The van der Waals surface area contributed by atoms with E-state index >= 15 is 0 Å². The molecule has 0 bridgehead atoms. The van der Waals surface area contributed by atoms with Crippen LogP contribution in [0.1, 0.15) is 22.3 Å². The van der Waals surface area contributed by atoms with Gasteiger partial charge < -0.3 is 5.11 Å². The van der Waals surface area contributed by atoms with Gasteiger partial charge in [-0.15, -0.1) is 0 Å². The van der Waals surface area contributed by atoms with E-state index in [-0.39, 0.29) is 0 Å². The van der Waals surface area contributed by atoms with Crippen LogP contribution in [0.5, 0.6) is 0 Å². The SMILES string of the molecule is OC1C(c2ccccc2)(c2ccccc2)SSC1(c1ccccc1)c1ccccc1. The summed E-state index contributed by atoms with van der Waals surface area (Å²) in [5, 5.41) is 12.3. The third-order valence-electron chi connectivity index (χ3n) is 5.89. The molecule has 0 radical (unpaired) electrons. The molecular weight excluding hydrogens is 404 g/mol. The summed E-state index contributed by atoms with van der Waals surface area (Å²) in [7, 11) is 3.53. The van der Waals surface area contributed by atoms with E-state index in [1.165, 1.54) is 0 Å². The summed E-state index contributed by atoms with van der Waals surface area (Å²) in [6.07, 6.45) is -0.672. The lowest BCUT2D eigenvalue weighted by Gasteiger charge is -2.39. The first-order valence-electron chi connectivity index (χ1n) is 10.1. The molecule has 4 aromatic rings. The van der Waals surface area contributed by atoms with E-state index in [2.05, 4.69) is 97.1 Å². The van der Waals surface area contributed by atoms with Crippen LogP contribution in [0.3, 0.4) is 0 Å². The fourth-order valence-corrected chi connectivity index (χ4v) is 8.70. The van der Waals surface area contributed by atoms with Crippen molar-refractivity contribution in [1.29, 1.82) is 0 Å². The maximum Gasteiger partial charge on any atom is 0.104 e. The average molecular weight is 427 g/mol. The van der Waals surface area contributed by atoms with Gasteiger partial charge in [0.15, 0.2) is 0 Å². The Morgan fingerprint density at radius 2 is 0.667 bits per heavy atom. The lowest BCUT2D eigenvalue weighted by atomic mass is 9.74. The second-order valence-electron chi connectivity index (χ2n) is 7.50. The standard InChI is InChI=1S/C27H22OS2/c28-25-26(21-13-5-1-6-14-21,22-15-7-2-8-16-22)29-30-27(25,23-17-9-3-10-18-23)24-19-11-4-12-20-24/h1-20,25,28H. The third kappa shape index (κ3) is 2.92. The number of rotatable bonds is 4. The largest absolute Gasteiger partial charge is 0.389 e. The summed E-state index contributed by atoms with van der Waals surface area (Å²) >= 11 is 0. The summed E-state index contributed by atoms with van der Waals surface area (Å²) in [5.41, 5.74) is 4.48. The highest BCUT2D eigenvalue weighted by Crippen LogP contribution is 2.70.